The molecule has 27 heavy (non-hydrogen) atoms. The Hall–Kier alpha value is -3.00. The molecule has 1 aliphatic heterocycles. The number of ether oxygens (including phenoxy) is 2. The van der Waals surface area contributed by atoms with Crippen molar-refractivity contribution in [3.05, 3.63) is 36.5 Å². The molecule has 1 atom stereocenters. The van der Waals surface area contributed by atoms with Crippen LogP contribution in [-0.4, -0.2) is 37.6 Å². The van der Waals surface area contributed by atoms with Crippen LogP contribution in [0.1, 0.15) is 6.42 Å². The van der Waals surface area contributed by atoms with Gasteiger partial charge < -0.3 is 25.4 Å². The lowest BCUT2D eigenvalue weighted by Crippen LogP contribution is -2.28. The second-order valence-corrected chi connectivity index (χ2v) is 5.90. The maximum Gasteiger partial charge on any atom is 0.229 e. The zero-order valence-electron chi connectivity index (χ0n) is 15.0. The van der Waals surface area contributed by atoms with E-state index in [1.807, 2.05) is 0 Å². The third-order valence-electron chi connectivity index (χ3n) is 4.23. The number of nitrogens with zero attached hydrogens (tertiary/aromatic N) is 2. The van der Waals surface area contributed by atoms with Crippen molar-refractivity contribution in [1.29, 1.82) is 0 Å². The van der Waals surface area contributed by atoms with Crippen molar-refractivity contribution >= 4 is 41.4 Å². The number of anilines is 3. The number of hydrogen-bond acceptors (Lipinski definition) is 6. The Balaban J connectivity index is 0.00000261. The third kappa shape index (κ3) is 4.40. The minimum Gasteiger partial charge on any atom is -0.497 e. The van der Waals surface area contributed by atoms with E-state index >= 15 is 0 Å². The number of nitrogens with one attached hydrogen (secondary N) is 1. The fourth-order valence-corrected chi connectivity index (χ4v) is 2.85. The van der Waals surface area contributed by atoms with E-state index in [0.717, 1.165) is 0 Å². The average molecular weight is 393 g/mol. The van der Waals surface area contributed by atoms with Crippen LogP contribution in [0.25, 0.3) is 0 Å². The van der Waals surface area contributed by atoms with E-state index in [9.17, 15) is 9.59 Å². The van der Waals surface area contributed by atoms with Gasteiger partial charge in [-0.25, -0.2) is 4.98 Å². The van der Waals surface area contributed by atoms with Gasteiger partial charge in [-0.15, -0.1) is 12.4 Å². The topological polar surface area (TPSA) is 107 Å². The highest BCUT2D eigenvalue weighted by Crippen LogP contribution is 2.36. The highest BCUT2D eigenvalue weighted by Gasteiger charge is 2.36. The molecule has 9 heteroatoms. The molecule has 144 valence electrons. The molecule has 0 spiro atoms. The molecule has 1 aromatic heterocycles. The number of amides is 2. The molecule has 2 heterocycles. The maximum atomic E-state index is 12.5. The molecule has 3 rings (SSSR count). The van der Waals surface area contributed by atoms with Crippen LogP contribution in [-0.2, 0) is 9.59 Å². The summed E-state index contributed by atoms with van der Waals surface area (Å²) >= 11 is 0. The first kappa shape index (κ1) is 20.3. The van der Waals surface area contributed by atoms with Crippen LogP contribution in [0, 0.1) is 5.92 Å². The molecule has 8 nitrogen and oxygen atoms in total. The Bertz CT molecular complexity index is 829. The number of methoxy groups -OCH3 is 2. The van der Waals surface area contributed by atoms with Gasteiger partial charge in [-0.05, 0) is 24.3 Å². The van der Waals surface area contributed by atoms with Gasteiger partial charge in [-0.1, -0.05) is 0 Å². The van der Waals surface area contributed by atoms with E-state index in [1.165, 1.54) is 13.3 Å². The molecule has 3 N–H and O–H groups in total. The lowest BCUT2D eigenvalue weighted by molar-refractivity contribution is -0.122. The van der Waals surface area contributed by atoms with Crippen molar-refractivity contribution in [2.24, 2.45) is 5.92 Å². The van der Waals surface area contributed by atoms with Crippen LogP contribution in [0.15, 0.2) is 36.5 Å². The van der Waals surface area contributed by atoms with Crippen molar-refractivity contribution in [2.45, 2.75) is 6.42 Å². The molecule has 2 amide bonds. The highest BCUT2D eigenvalue weighted by atomic mass is 35.5. The van der Waals surface area contributed by atoms with Gasteiger partial charge in [0.25, 0.3) is 0 Å². The Morgan fingerprint density at radius 1 is 1.26 bits per heavy atom. The van der Waals surface area contributed by atoms with Gasteiger partial charge in [0.15, 0.2) is 0 Å². The summed E-state index contributed by atoms with van der Waals surface area (Å²) in [7, 11) is 3.08. The quantitative estimate of drug-likeness (QED) is 0.806. The zero-order valence-corrected chi connectivity index (χ0v) is 15.8. The maximum absolute atomic E-state index is 12.5. The smallest absolute Gasteiger partial charge is 0.229 e. The largest absolute Gasteiger partial charge is 0.497 e. The van der Waals surface area contributed by atoms with E-state index < -0.39 is 5.92 Å². The summed E-state index contributed by atoms with van der Waals surface area (Å²) in [4.78, 5) is 30.4. The Labute approximate surface area is 163 Å². The van der Waals surface area contributed by atoms with Gasteiger partial charge >= 0.3 is 0 Å². The number of aromatic nitrogens is 1. The number of rotatable bonds is 5. The summed E-state index contributed by atoms with van der Waals surface area (Å²) in [6, 6.07) is 8.47. The lowest BCUT2D eigenvalue weighted by atomic mass is 10.1. The molecule has 1 aromatic carbocycles. The molecule has 2 aromatic rings. The number of halogens is 1. The first-order valence-electron chi connectivity index (χ1n) is 8.06. The summed E-state index contributed by atoms with van der Waals surface area (Å²) in [5.41, 5.74) is 6.69. The zero-order chi connectivity index (χ0) is 18.7. The van der Waals surface area contributed by atoms with Gasteiger partial charge in [0.2, 0.25) is 11.8 Å². The molecular weight excluding hydrogens is 372 g/mol. The number of nitrogen functional groups attached to an aromatic ring is 1. The predicted octanol–water partition coefficient (Wildman–Crippen LogP) is 2.09. The standard InChI is InChI=1S/C18H20N4O4.ClH/c1-25-13-4-5-14(15(8-13)26-2)22-10-11(7-17(22)23)18(24)21-12-3-6-16(19)20-9-12;/h3-6,8-9,11H,7,10H2,1-2H3,(H2,19,20)(H,21,24);1H. The predicted molar refractivity (Wildman–Crippen MR) is 105 cm³/mol. The van der Waals surface area contributed by atoms with Crippen molar-refractivity contribution in [1.82, 2.24) is 4.98 Å². The van der Waals surface area contributed by atoms with Crippen LogP contribution in [0.4, 0.5) is 17.2 Å². The normalized spacial score (nSPS) is 15.9. The number of pyridine rings is 1. The van der Waals surface area contributed by atoms with Gasteiger partial charge in [0.1, 0.15) is 17.3 Å². The summed E-state index contributed by atoms with van der Waals surface area (Å²) in [5.74, 6) is 0.677. The Kier molecular flexibility index (Phi) is 6.46. The van der Waals surface area contributed by atoms with Crippen molar-refractivity contribution in [3.8, 4) is 11.5 Å². The fraction of sp³-hybridized carbons (Fsp3) is 0.278. The van der Waals surface area contributed by atoms with E-state index in [0.29, 0.717) is 28.7 Å². The summed E-state index contributed by atoms with van der Waals surface area (Å²) in [6.45, 7) is 0.274. The lowest BCUT2D eigenvalue weighted by Gasteiger charge is -2.20. The molecule has 1 aliphatic rings. The van der Waals surface area contributed by atoms with Gasteiger partial charge in [0, 0.05) is 19.0 Å². The summed E-state index contributed by atoms with van der Waals surface area (Å²) < 4.78 is 10.5. The molecule has 0 aliphatic carbocycles. The van der Waals surface area contributed by atoms with Gasteiger partial charge in [-0.3, -0.25) is 9.59 Å². The number of carbonyl (C=O) groups is 2. The fourth-order valence-electron chi connectivity index (χ4n) is 2.85. The van der Waals surface area contributed by atoms with E-state index in [2.05, 4.69) is 10.3 Å². The van der Waals surface area contributed by atoms with E-state index in [1.54, 1.807) is 42.3 Å². The highest BCUT2D eigenvalue weighted by molar-refractivity contribution is 6.04. The van der Waals surface area contributed by atoms with Crippen LogP contribution >= 0.6 is 12.4 Å². The Morgan fingerprint density at radius 2 is 2.04 bits per heavy atom. The first-order chi connectivity index (χ1) is 12.5. The SMILES string of the molecule is COc1ccc(N2CC(C(=O)Nc3ccc(N)nc3)CC2=O)c(OC)c1.Cl. The number of nitrogens with two attached hydrogens (primary N) is 1. The molecule has 1 unspecified atom stereocenters. The minimum atomic E-state index is -0.466. The summed E-state index contributed by atoms with van der Waals surface area (Å²) in [5, 5.41) is 2.76. The number of carbonyl (C=O) groups excluding carboxylic acids is 2. The molecule has 1 fully saturated rings. The number of benzene rings is 1. The van der Waals surface area contributed by atoms with Crippen molar-refractivity contribution in [2.75, 3.05) is 36.7 Å². The van der Waals surface area contributed by atoms with Crippen LogP contribution < -0.4 is 25.4 Å². The third-order valence-corrected chi connectivity index (χ3v) is 4.23. The first-order valence-corrected chi connectivity index (χ1v) is 8.06. The molecule has 0 radical (unpaired) electrons. The Morgan fingerprint density at radius 3 is 2.67 bits per heavy atom. The molecule has 0 saturated carbocycles. The van der Waals surface area contributed by atoms with E-state index in [-0.39, 0.29) is 37.2 Å². The molecule has 1 saturated heterocycles. The van der Waals surface area contributed by atoms with Gasteiger partial charge in [0.05, 0.1) is 37.7 Å². The van der Waals surface area contributed by atoms with E-state index in [4.69, 9.17) is 15.2 Å². The second kappa shape index (κ2) is 8.59. The van der Waals surface area contributed by atoms with Crippen LogP contribution in [0.2, 0.25) is 0 Å². The van der Waals surface area contributed by atoms with Crippen LogP contribution in [0.5, 0.6) is 11.5 Å². The van der Waals surface area contributed by atoms with Gasteiger partial charge in [-0.2, -0.15) is 0 Å². The van der Waals surface area contributed by atoms with Crippen molar-refractivity contribution < 1.29 is 19.1 Å². The summed E-state index contributed by atoms with van der Waals surface area (Å²) in [6.07, 6.45) is 1.61. The molecule has 0 bridgehead atoms. The number of hydrogen-bond donors (Lipinski definition) is 2. The van der Waals surface area contributed by atoms with Crippen LogP contribution in [0.3, 0.4) is 0 Å². The second-order valence-electron chi connectivity index (χ2n) is 5.90. The average Bonchev–Trinajstić information content (AvgIpc) is 3.04. The monoisotopic (exact) mass is 392 g/mol. The van der Waals surface area contributed by atoms with Crippen molar-refractivity contribution in [3.63, 3.8) is 0 Å². The molecular formula is C18H21ClN4O4. The minimum absolute atomic E-state index is 0.